The van der Waals surface area contributed by atoms with Gasteiger partial charge in [-0.15, -0.1) is 0 Å². The van der Waals surface area contributed by atoms with Gasteiger partial charge in [0.25, 0.3) is 5.56 Å². The highest BCUT2D eigenvalue weighted by atomic mass is 79.9. The van der Waals surface area contributed by atoms with Crippen LogP contribution in [0.15, 0.2) is 35.1 Å². The number of alkyl halides is 1. The van der Waals surface area contributed by atoms with Crippen LogP contribution in [-0.4, -0.2) is 14.9 Å². The van der Waals surface area contributed by atoms with Gasteiger partial charge in [-0.1, -0.05) is 15.9 Å². The molecule has 0 saturated carbocycles. The second-order valence-corrected chi connectivity index (χ2v) is 3.90. The third-order valence-corrected chi connectivity index (χ3v) is 2.71. The van der Waals surface area contributed by atoms with Crippen LogP contribution in [-0.2, 0) is 5.33 Å². The van der Waals surface area contributed by atoms with Crippen LogP contribution >= 0.6 is 15.9 Å². The summed E-state index contributed by atoms with van der Waals surface area (Å²) in [5.41, 5.74) is 0.311. The molecular formula is C11H8BrFN2O2. The first-order valence-electron chi connectivity index (χ1n) is 4.76. The molecule has 1 aromatic carbocycles. The average molecular weight is 299 g/mol. The molecule has 0 atom stereocenters. The maximum Gasteiger partial charge on any atom is 0.275 e. The first-order chi connectivity index (χ1) is 8.11. The molecule has 4 nitrogen and oxygen atoms in total. The van der Waals surface area contributed by atoms with E-state index in [9.17, 15) is 14.3 Å². The van der Waals surface area contributed by atoms with Gasteiger partial charge in [-0.25, -0.2) is 4.39 Å². The molecule has 6 heteroatoms. The van der Waals surface area contributed by atoms with Gasteiger partial charge in [0.15, 0.2) is 0 Å². The van der Waals surface area contributed by atoms with Crippen molar-refractivity contribution in [3.63, 3.8) is 0 Å². The Labute approximate surface area is 104 Å². The van der Waals surface area contributed by atoms with Crippen molar-refractivity contribution in [2.24, 2.45) is 0 Å². The van der Waals surface area contributed by atoms with Crippen molar-refractivity contribution in [1.29, 1.82) is 0 Å². The maximum absolute atomic E-state index is 12.8. The Kier molecular flexibility index (Phi) is 3.23. The van der Waals surface area contributed by atoms with Crippen LogP contribution < -0.4 is 5.56 Å². The lowest BCUT2D eigenvalue weighted by molar-refractivity contribution is 0.460. The Balaban J connectivity index is 2.59. The Morgan fingerprint density at radius 2 is 2.00 bits per heavy atom. The molecule has 2 aromatic rings. The lowest BCUT2D eigenvalue weighted by atomic mass is 10.3. The van der Waals surface area contributed by atoms with Gasteiger partial charge in [0.1, 0.15) is 17.3 Å². The topological polar surface area (TPSA) is 55.1 Å². The molecule has 0 bridgehead atoms. The van der Waals surface area contributed by atoms with Crippen LogP contribution in [0.3, 0.4) is 0 Å². The molecule has 2 rings (SSSR count). The van der Waals surface area contributed by atoms with Gasteiger partial charge < -0.3 is 5.11 Å². The summed E-state index contributed by atoms with van der Waals surface area (Å²) in [6.45, 7) is 0. The van der Waals surface area contributed by atoms with Crippen molar-refractivity contribution in [1.82, 2.24) is 9.78 Å². The number of aromatic hydroxyl groups is 1. The standard InChI is InChI=1S/C11H8BrFN2O2/c12-6-9-10(16)5-11(17)15(14-9)8-3-1-7(13)2-4-8/h1-5,16H,6H2. The van der Waals surface area contributed by atoms with E-state index in [-0.39, 0.29) is 11.6 Å². The number of hydrogen-bond acceptors (Lipinski definition) is 3. The van der Waals surface area contributed by atoms with Crippen molar-refractivity contribution in [3.8, 4) is 11.4 Å². The molecule has 0 fully saturated rings. The molecule has 1 aromatic heterocycles. The Morgan fingerprint density at radius 1 is 1.35 bits per heavy atom. The first-order valence-corrected chi connectivity index (χ1v) is 5.88. The summed E-state index contributed by atoms with van der Waals surface area (Å²) in [5.74, 6) is -0.550. The van der Waals surface area contributed by atoms with Gasteiger partial charge in [-0.05, 0) is 24.3 Å². The fraction of sp³-hybridized carbons (Fsp3) is 0.0909. The molecule has 0 aliphatic heterocycles. The highest BCUT2D eigenvalue weighted by Gasteiger charge is 2.08. The zero-order valence-electron chi connectivity index (χ0n) is 8.60. The van der Waals surface area contributed by atoms with Crippen LogP contribution in [0.2, 0.25) is 0 Å². The van der Waals surface area contributed by atoms with E-state index >= 15 is 0 Å². The largest absolute Gasteiger partial charge is 0.506 e. The Hall–Kier alpha value is -1.69. The fourth-order valence-electron chi connectivity index (χ4n) is 1.35. The smallest absolute Gasteiger partial charge is 0.275 e. The first kappa shape index (κ1) is 11.8. The normalized spacial score (nSPS) is 10.5. The number of benzene rings is 1. The maximum atomic E-state index is 12.8. The summed E-state index contributed by atoms with van der Waals surface area (Å²) < 4.78 is 13.9. The zero-order valence-corrected chi connectivity index (χ0v) is 10.2. The summed E-state index contributed by atoms with van der Waals surface area (Å²) in [7, 11) is 0. The van der Waals surface area contributed by atoms with E-state index in [1.165, 1.54) is 24.3 Å². The molecule has 1 N–H and O–H groups in total. The van der Waals surface area contributed by atoms with Crippen molar-refractivity contribution >= 4 is 15.9 Å². The molecule has 17 heavy (non-hydrogen) atoms. The van der Waals surface area contributed by atoms with Gasteiger partial charge >= 0.3 is 0 Å². The third-order valence-electron chi connectivity index (χ3n) is 2.18. The quantitative estimate of drug-likeness (QED) is 0.863. The van der Waals surface area contributed by atoms with E-state index in [1.807, 2.05) is 0 Å². The van der Waals surface area contributed by atoms with Crippen molar-refractivity contribution in [2.45, 2.75) is 5.33 Å². The summed E-state index contributed by atoms with van der Waals surface area (Å²) in [6, 6.07) is 6.44. The van der Waals surface area contributed by atoms with E-state index < -0.39 is 5.56 Å². The number of halogens is 2. The highest BCUT2D eigenvalue weighted by Crippen LogP contribution is 2.15. The summed E-state index contributed by atoms with van der Waals surface area (Å²) in [4.78, 5) is 11.6. The minimum atomic E-state index is -0.473. The van der Waals surface area contributed by atoms with Gasteiger partial charge in [0.05, 0.1) is 11.0 Å². The van der Waals surface area contributed by atoms with Crippen molar-refractivity contribution < 1.29 is 9.50 Å². The van der Waals surface area contributed by atoms with Crippen LogP contribution in [0, 0.1) is 5.82 Å². The molecule has 0 aliphatic rings. The van der Waals surface area contributed by atoms with E-state index in [2.05, 4.69) is 21.0 Å². The van der Waals surface area contributed by atoms with Crippen LogP contribution in [0.4, 0.5) is 4.39 Å². The molecule has 0 saturated heterocycles. The monoisotopic (exact) mass is 298 g/mol. The second kappa shape index (κ2) is 4.67. The molecule has 0 aliphatic carbocycles. The molecule has 0 amide bonds. The van der Waals surface area contributed by atoms with E-state index in [0.29, 0.717) is 16.7 Å². The number of hydrogen-bond donors (Lipinski definition) is 1. The zero-order chi connectivity index (χ0) is 12.4. The lowest BCUT2D eigenvalue weighted by Crippen LogP contribution is -2.21. The summed E-state index contributed by atoms with van der Waals surface area (Å²) in [6.07, 6.45) is 0. The fourth-order valence-corrected chi connectivity index (χ4v) is 1.74. The van der Waals surface area contributed by atoms with E-state index in [0.717, 1.165) is 10.7 Å². The predicted octanol–water partition coefficient (Wildman–Crippen LogP) is 1.97. The Morgan fingerprint density at radius 3 is 2.59 bits per heavy atom. The number of nitrogens with zero attached hydrogens (tertiary/aromatic N) is 2. The van der Waals surface area contributed by atoms with Crippen LogP contribution in [0.5, 0.6) is 5.75 Å². The van der Waals surface area contributed by atoms with Gasteiger partial charge in [-0.3, -0.25) is 4.79 Å². The summed E-state index contributed by atoms with van der Waals surface area (Å²) in [5, 5.41) is 13.7. The van der Waals surface area contributed by atoms with Crippen LogP contribution in [0.1, 0.15) is 5.69 Å². The molecule has 0 spiro atoms. The summed E-state index contributed by atoms with van der Waals surface area (Å²) >= 11 is 3.15. The second-order valence-electron chi connectivity index (χ2n) is 3.34. The predicted molar refractivity (Wildman–Crippen MR) is 64.1 cm³/mol. The minimum absolute atomic E-state index is 0.162. The van der Waals surface area contributed by atoms with Crippen molar-refractivity contribution in [2.75, 3.05) is 0 Å². The van der Waals surface area contributed by atoms with E-state index in [4.69, 9.17) is 0 Å². The molecular weight excluding hydrogens is 291 g/mol. The average Bonchev–Trinajstić information content (AvgIpc) is 2.31. The molecule has 1 heterocycles. The lowest BCUT2D eigenvalue weighted by Gasteiger charge is -2.06. The molecule has 0 radical (unpaired) electrons. The Bertz CT molecular complexity index is 595. The molecule has 0 unspecified atom stereocenters. The van der Waals surface area contributed by atoms with Gasteiger partial charge in [-0.2, -0.15) is 9.78 Å². The van der Waals surface area contributed by atoms with Crippen molar-refractivity contribution in [3.05, 3.63) is 52.2 Å². The number of aromatic nitrogens is 2. The van der Waals surface area contributed by atoms with Crippen LogP contribution in [0.25, 0.3) is 5.69 Å². The van der Waals surface area contributed by atoms with Gasteiger partial charge in [0, 0.05) is 6.07 Å². The van der Waals surface area contributed by atoms with E-state index in [1.54, 1.807) is 0 Å². The molecule has 88 valence electrons. The minimum Gasteiger partial charge on any atom is -0.506 e. The number of rotatable bonds is 2. The SMILES string of the molecule is O=c1cc(O)c(CBr)nn1-c1ccc(F)cc1. The highest BCUT2D eigenvalue weighted by molar-refractivity contribution is 9.08. The van der Waals surface area contributed by atoms with Gasteiger partial charge in [0.2, 0.25) is 0 Å². The third kappa shape index (κ3) is 2.36.